The van der Waals surface area contributed by atoms with Crippen LogP contribution in [0.5, 0.6) is 11.5 Å². The van der Waals surface area contributed by atoms with Crippen LogP contribution in [0.25, 0.3) is 5.69 Å². The van der Waals surface area contributed by atoms with Crippen molar-refractivity contribution in [3.63, 3.8) is 0 Å². The molecule has 1 aromatic heterocycles. The van der Waals surface area contributed by atoms with Gasteiger partial charge >= 0.3 is 0 Å². The quantitative estimate of drug-likeness (QED) is 0.234. The molecule has 0 N–H and O–H groups in total. The van der Waals surface area contributed by atoms with Crippen LogP contribution in [0.3, 0.4) is 0 Å². The molecule has 5 nitrogen and oxygen atoms in total. The number of benzene rings is 3. The summed E-state index contributed by atoms with van der Waals surface area (Å²) in [4.78, 5) is 6.34. The second kappa shape index (κ2) is 10.5. The van der Waals surface area contributed by atoms with E-state index in [-0.39, 0.29) is 16.3 Å². The molecule has 0 spiro atoms. The minimum absolute atomic E-state index is 0.00393. The molecule has 4 rings (SSSR count). The van der Waals surface area contributed by atoms with Gasteiger partial charge in [-0.15, -0.1) is 0 Å². The number of ether oxygens (including phenoxy) is 2. The van der Waals surface area contributed by atoms with E-state index in [1.165, 1.54) is 30.3 Å². The molecule has 0 radical (unpaired) electrons. The van der Waals surface area contributed by atoms with Gasteiger partial charge in [0.15, 0.2) is 16.7 Å². The molecule has 10 heteroatoms. The van der Waals surface area contributed by atoms with Gasteiger partial charge in [0.25, 0.3) is 0 Å². The number of imidazole rings is 1. The summed E-state index contributed by atoms with van der Waals surface area (Å²) in [5.74, 6) is -0.108. The fourth-order valence-electron chi connectivity index (χ4n) is 3.50. The number of rotatable bonds is 8. The standard InChI is InChI=1S/C25H21ClF3N3O2S/c1-31(15-8-10-22(33-2)23(12-15)34-3)24-13-30-25(32(24)16-7-9-21(29)18(26)11-16)35-14-17-19(27)5-4-6-20(17)28/h4-13H,14H2,1-3H3. The highest BCUT2D eigenvalue weighted by atomic mass is 35.5. The van der Waals surface area contributed by atoms with Crippen LogP contribution in [0.4, 0.5) is 24.7 Å². The smallest absolute Gasteiger partial charge is 0.174 e. The predicted molar refractivity (Wildman–Crippen MR) is 132 cm³/mol. The molecule has 0 bridgehead atoms. The lowest BCUT2D eigenvalue weighted by atomic mass is 10.2. The van der Waals surface area contributed by atoms with E-state index >= 15 is 0 Å². The van der Waals surface area contributed by atoms with Gasteiger partial charge < -0.3 is 14.4 Å². The van der Waals surface area contributed by atoms with Crippen LogP contribution in [0.1, 0.15) is 5.56 Å². The molecule has 0 aliphatic heterocycles. The van der Waals surface area contributed by atoms with Gasteiger partial charge in [0.1, 0.15) is 23.3 Å². The molecule has 0 aliphatic rings. The van der Waals surface area contributed by atoms with Crippen molar-refractivity contribution in [3.8, 4) is 17.2 Å². The average molecular weight is 520 g/mol. The zero-order valence-corrected chi connectivity index (χ0v) is 20.6. The Bertz CT molecular complexity index is 1350. The summed E-state index contributed by atoms with van der Waals surface area (Å²) in [6, 6.07) is 13.4. The van der Waals surface area contributed by atoms with Gasteiger partial charge in [-0.2, -0.15) is 0 Å². The fraction of sp³-hybridized carbons (Fsp3) is 0.160. The van der Waals surface area contributed by atoms with Crippen LogP contribution in [-0.2, 0) is 5.75 Å². The largest absolute Gasteiger partial charge is 0.493 e. The lowest BCUT2D eigenvalue weighted by Gasteiger charge is -2.23. The van der Waals surface area contributed by atoms with E-state index in [9.17, 15) is 13.2 Å². The van der Waals surface area contributed by atoms with Crippen molar-refractivity contribution < 1.29 is 22.6 Å². The van der Waals surface area contributed by atoms with Gasteiger partial charge in [0.05, 0.1) is 31.1 Å². The second-order valence-corrected chi connectivity index (χ2v) is 8.77. The predicted octanol–water partition coefficient (Wildman–Crippen LogP) is 7.02. The van der Waals surface area contributed by atoms with Crippen LogP contribution >= 0.6 is 23.4 Å². The second-order valence-electron chi connectivity index (χ2n) is 7.42. The van der Waals surface area contributed by atoms with Gasteiger partial charge in [0.2, 0.25) is 0 Å². The van der Waals surface area contributed by atoms with Crippen molar-refractivity contribution in [3.05, 3.63) is 88.8 Å². The van der Waals surface area contributed by atoms with Crippen LogP contribution in [0.15, 0.2) is 66.0 Å². The first-order chi connectivity index (χ1) is 16.8. The van der Waals surface area contributed by atoms with Crippen molar-refractivity contribution in [1.82, 2.24) is 9.55 Å². The molecule has 0 saturated heterocycles. The highest BCUT2D eigenvalue weighted by molar-refractivity contribution is 7.98. The van der Waals surface area contributed by atoms with E-state index in [0.717, 1.165) is 17.4 Å². The number of methoxy groups -OCH3 is 2. The van der Waals surface area contributed by atoms with Crippen LogP contribution < -0.4 is 14.4 Å². The molecule has 3 aromatic carbocycles. The number of nitrogens with zero attached hydrogens (tertiary/aromatic N) is 3. The summed E-state index contributed by atoms with van der Waals surface area (Å²) in [5, 5.41) is 0.379. The summed E-state index contributed by atoms with van der Waals surface area (Å²) in [5.41, 5.74) is 1.24. The van der Waals surface area contributed by atoms with Crippen molar-refractivity contribution >= 4 is 34.9 Å². The van der Waals surface area contributed by atoms with Crippen molar-refractivity contribution in [2.75, 3.05) is 26.2 Å². The first-order valence-corrected chi connectivity index (χ1v) is 11.7. The zero-order valence-electron chi connectivity index (χ0n) is 19.1. The Morgan fingerprint density at radius 3 is 2.31 bits per heavy atom. The normalized spacial score (nSPS) is 10.9. The van der Waals surface area contributed by atoms with E-state index in [1.54, 1.807) is 43.2 Å². The van der Waals surface area contributed by atoms with Crippen LogP contribution in [0.2, 0.25) is 5.02 Å². The Morgan fingerprint density at radius 1 is 0.943 bits per heavy atom. The van der Waals surface area contributed by atoms with Gasteiger partial charge in [-0.3, -0.25) is 4.57 Å². The minimum Gasteiger partial charge on any atom is -0.493 e. The highest BCUT2D eigenvalue weighted by Gasteiger charge is 2.20. The maximum Gasteiger partial charge on any atom is 0.174 e. The third-order valence-electron chi connectivity index (χ3n) is 5.38. The monoisotopic (exact) mass is 519 g/mol. The Morgan fingerprint density at radius 2 is 1.66 bits per heavy atom. The zero-order chi connectivity index (χ0) is 25.1. The third-order valence-corrected chi connectivity index (χ3v) is 6.65. The molecule has 35 heavy (non-hydrogen) atoms. The summed E-state index contributed by atoms with van der Waals surface area (Å²) in [6.07, 6.45) is 1.62. The van der Waals surface area contributed by atoms with Crippen molar-refractivity contribution in [1.29, 1.82) is 0 Å². The summed E-state index contributed by atoms with van der Waals surface area (Å²) < 4.78 is 54.8. The topological polar surface area (TPSA) is 39.5 Å². The molecule has 0 saturated carbocycles. The number of halogens is 4. The number of thioether (sulfide) groups is 1. The number of anilines is 2. The maximum atomic E-state index is 14.2. The highest BCUT2D eigenvalue weighted by Crippen LogP contribution is 2.37. The summed E-state index contributed by atoms with van der Waals surface area (Å²) in [7, 11) is 4.92. The van der Waals surface area contributed by atoms with Gasteiger partial charge in [-0.25, -0.2) is 18.2 Å². The number of aromatic nitrogens is 2. The molecule has 4 aromatic rings. The molecule has 0 atom stereocenters. The van der Waals surface area contributed by atoms with E-state index < -0.39 is 17.5 Å². The molecular weight excluding hydrogens is 499 g/mol. The molecule has 0 amide bonds. The molecule has 0 unspecified atom stereocenters. The molecular formula is C25H21ClF3N3O2S. The average Bonchev–Trinajstić information content (AvgIpc) is 3.28. The first-order valence-electron chi connectivity index (χ1n) is 10.4. The van der Waals surface area contributed by atoms with E-state index in [0.29, 0.717) is 28.2 Å². The molecule has 1 heterocycles. The van der Waals surface area contributed by atoms with Crippen molar-refractivity contribution in [2.24, 2.45) is 0 Å². The molecule has 0 aliphatic carbocycles. The van der Waals surface area contributed by atoms with Crippen molar-refractivity contribution in [2.45, 2.75) is 10.9 Å². The Kier molecular flexibility index (Phi) is 7.47. The first kappa shape index (κ1) is 24.8. The third kappa shape index (κ3) is 5.06. The number of hydrogen-bond acceptors (Lipinski definition) is 5. The lowest BCUT2D eigenvalue weighted by Crippen LogP contribution is -2.14. The molecule has 0 fully saturated rings. The summed E-state index contributed by atoms with van der Waals surface area (Å²) in [6.45, 7) is 0. The number of hydrogen-bond donors (Lipinski definition) is 0. The SMILES string of the molecule is COc1ccc(N(C)c2cnc(SCc3c(F)cccc3F)n2-c2ccc(F)c(Cl)c2)cc1OC. The lowest BCUT2D eigenvalue weighted by molar-refractivity contribution is 0.355. The van der Waals surface area contributed by atoms with Crippen LogP contribution in [0, 0.1) is 17.5 Å². The van der Waals surface area contributed by atoms with Crippen LogP contribution in [-0.4, -0.2) is 30.8 Å². The summed E-state index contributed by atoms with van der Waals surface area (Å²) >= 11 is 7.20. The van der Waals surface area contributed by atoms with Gasteiger partial charge in [-0.1, -0.05) is 29.4 Å². The Labute approximate surface area is 210 Å². The maximum absolute atomic E-state index is 14.2. The van der Waals surface area contributed by atoms with E-state index in [2.05, 4.69) is 4.98 Å². The van der Waals surface area contributed by atoms with Gasteiger partial charge in [-0.05, 0) is 42.5 Å². The van der Waals surface area contributed by atoms with Gasteiger partial charge in [0, 0.05) is 30.1 Å². The Hall–Kier alpha value is -3.30. The Balaban J connectivity index is 1.77. The van der Waals surface area contributed by atoms with E-state index in [1.807, 2.05) is 18.0 Å². The fourth-order valence-corrected chi connectivity index (χ4v) is 4.68. The van der Waals surface area contributed by atoms with E-state index in [4.69, 9.17) is 21.1 Å². The minimum atomic E-state index is -0.636. The molecule has 182 valence electrons.